The summed E-state index contributed by atoms with van der Waals surface area (Å²) < 4.78 is 8.81. The van der Waals surface area contributed by atoms with E-state index in [1.807, 2.05) is 18.2 Å². The lowest BCUT2D eigenvalue weighted by Gasteiger charge is -2.08. The van der Waals surface area contributed by atoms with Gasteiger partial charge in [-0.05, 0) is 37.3 Å². The van der Waals surface area contributed by atoms with Gasteiger partial charge in [-0.3, -0.25) is 19.1 Å². The van der Waals surface area contributed by atoms with Gasteiger partial charge in [0.05, 0.1) is 17.6 Å². The monoisotopic (exact) mass is 458 g/mol. The van der Waals surface area contributed by atoms with Gasteiger partial charge in [-0.25, -0.2) is 14.6 Å². The smallest absolute Gasteiger partial charge is 0.284 e. The Labute approximate surface area is 194 Å². The number of hydrogen-bond acceptors (Lipinski definition) is 6. The molecular weight excluding hydrogens is 436 g/mol. The SMILES string of the molecule is CC(=O)Nc1cc(Oc2ccc(NC(=O)c3c(C)n(C)n(-c4ccccc4)c3=O)nc2)ccn1. The van der Waals surface area contributed by atoms with E-state index in [1.165, 1.54) is 24.0 Å². The summed E-state index contributed by atoms with van der Waals surface area (Å²) in [6.45, 7) is 3.10. The number of amides is 2. The Hall–Kier alpha value is -4.73. The number of pyridine rings is 2. The molecule has 0 spiro atoms. The van der Waals surface area contributed by atoms with Crippen LogP contribution in [0.4, 0.5) is 11.6 Å². The molecule has 0 saturated heterocycles. The van der Waals surface area contributed by atoms with E-state index >= 15 is 0 Å². The standard InChI is InChI=1S/C24H22N6O4/c1-15-22(24(33)30(29(15)3)17-7-5-4-6-8-17)23(32)28-20-10-9-19(14-26-20)34-18-11-12-25-21(13-18)27-16(2)31/h4-14H,1-3H3,(H,25,27,31)(H,26,28,32). The summed E-state index contributed by atoms with van der Waals surface area (Å²) in [6, 6.07) is 15.5. The number of aromatic nitrogens is 4. The molecule has 1 aromatic carbocycles. The van der Waals surface area contributed by atoms with Gasteiger partial charge in [-0.2, -0.15) is 0 Å². The van der Waals surface area contributed by atoms with Gasteiger partial charge >= 0.3 is 0 Å². The van der Waals surface area contributed by atoms with Crippen molar-refractivity contribution in [2.75, 3.05) is 10.6 Å². The van der Waals surface area contributed by atoms with Gasteiger partial charge in [0.15, 0.2) is 0 Å². The van der Waals surface area contributed by atoms with Crippen LogP contribution in [-0.2, 0) is 11.8 Å². The first kappa shape index (κ1) is 22.5. The zero-order chi connectivity index (χ0) is 24.2. The fourth-order valence-corrected chi connectivity index (χ4v) is 3.38. The number of rotatable bonds is 6. The number of carbonyl (C=O) groups is 2. The van der Waals surface area contributed by atoms with Crippen molar-refractivity contribution in [1.29, 1.82) is 0 Å². The lowest BCUT2D eigenvalue weighted by Crippen LogP contribution is -2.25. The summed E-state index contributed by atoms with van der Waals surface area (Å²) >= 11 is 0. The second kappa shape index (κ2) is 9.41. The highest BCUT2D eigenvalue weighted by atomic mass is 16.5. The first-order chi connectivity index (χ1) is 16.3. The molecule has 4 rings (SSSR count). The number of hydrogen-bond donors (Lipinski definition) is 2. The van der Waals surface area contributed by atoms with Crippen LogP contribution in [0.5, 0.6) is 11.5 Å². The molecule has 34 heavy (non-hydrogen) atoms. The first-order valence-electron chi connectivity index (χ1n) is 10.4. The first-order valence-corrected chi connectivity index (χ1v) is 10.4. The number of ether oxygens (including phenoxy) is 1. The van der Waals surface area contributed by atoms with E-state index in [9.17, 15) is 14.4 Å². The zero-order valence-electron chi connectivity index (χ0n) is 18.8. The molecule has 0 radical (unpaired) electrons. The van der Waals surface area contributed by atoms with Gasteiger partial charge in [0, 0.05) is 26.2 Å². The van der Waals surface area contributed by atoms with Crippen LogP contribution in [0.15, 0.2) is 71.8 Å². The van der Waals surface area contributed by atoms with Crippen molar-refractivity contribution in [2.45, 2.75) is 13.8 Å². The molecule has 2 amide bonds. The fraction of sp³-hybridized carbons (Fsp3) is 0.125. The third-order valence-electron chi connectivity index (χ3n) is 5.03. The van der Waals surface area contributed by atoms with E-state index in [2.05, 4.69) is 20.6 Å². The van der Waals surface area contributed by atoms with Crippen molar-refractivity contribution in [1.82, 2.24) is 19.3 Å². The van der Waals surface area contributed by atoms with Crippen molar-refractivity contribution in [2.24, 2.45) is 7.05 Å². The Morgan fingerprint density at radius 1 is 0.941 bits per heavy atom. The number of carbonyl (C=O) groups excluding carboxylic acids is 2. The third kappa shape index (κ3) is 4.70. The molecule has 3 aromatic heterocycles. The molecule has 0 aliphatic carbocycles. The normalized spacial score (nSPS) is 10.6. The topological polar surface area (TPSA) is 120 Å². The Balaban J connectivity index is 1.50. The van der Waals surface area contributed by atoms with Crippen LogP contribution in [-0.4, -0.2) is 31.1 Å². The maximum Gasteiger partial charge on any atom is 0.284 e. The molecule has 172 valence electrons. The number of benzene rings is 1. The van der Waals surface area contributed by atoms with Crippen molar-refractivity contribution in [3.05, 3.63) is 88.6 Å². The molecule has 0 aliphatic heterocycles. The van der Waals surface area contributed by atoms with Gasteiger partial charge in [0.2, 0.25) is 5.91 Å². The lowest BCUT2D eigenvalue weighted by atomic mass is 10.2. The molecule has 0 unspecified atom stereocenters. The van der Waals surface area contributed by atoms with Crippen LogP contribution in [0.2, 0.25) is 0 Å². The van der Waals surface area contributed by atoms with Gasteiger partial charge in [-0.15, -0.1) is 0 Å². The van der Waals surface area contributed by atoms with Gasteiger partial charge in [0.1, 0.15) is 28.7 Å². The van der Waals surface area contributed by atoms with Crippen LogP contribution in [0, 0.1) is 6.92 Å². The largest absolute Gasteiger partial charge is 0.456 e. The van der Waals surface area contributed by atoms with E-state index in [1.54, 1.807) is 55.1 Å². The number of nitrogens with one attached hydrogen (secondary N) is 2. The molecule has 3 heterocycles. The van der Waals surface area contributed by atoms with Crippen LogP contribution in [0.25, 0.3) is 5.69 Å². The molecule has 2 N–H and O–H groups in total. The van der Waals surface area contributed by atoms with Crippen molar-refractivity contribution in [3.8, 4) is 17.2 Å². The van der Waals surface area contributed by atoms with Crippen LogP contribution in [0.3, 0.4) is 0 Å². The van der Waals surface area contributed by atoms with Gasteiger partial charge in [0.25, 0.3) is 11.5 Å². The van der Waals surface area contributed by atoms with Gasteiger partial charge < -0.3 is 15.4 Å². The summed E-state index contributed by atoms with van der Waals surface area (Å²) in [4.78, 5) is 45.3. The molecule has 10 heteroatoms. The van der Waals surface area contributed by atoms with E-state index in [0.717, 1.165) is 0 Å². The van der Waals surface area contributed by atoms with Crippen LogP contribution >= 0.6 is 0 Å². The van der Waals surface area contributed by atoms with E-state index in [4.69, 9.17) is 4.74 Å². The second-order valence-corrected chi connectivity index (χ2v) is 7.43. The number of anilines is 2. The zero-order valence-corrected chi connectivity index (χ0v) is 18.8. The summed E-state index contributed by atoms with van der Waals surface area (Å²) in [7, 11) is 1.72. The van der Waals surface area contributed by atoms with Crippen molar-refractivity contribution in [3.63, 3.8) is 0 Å². The van der Waals surface area contributed by atoms with E-state index in [0.29, 0.717) is 28.7 Å². The highest BCUT2D eigenvalue weighted by Gasteiger charge is 2.22. The Morgan fingerprint density at radius 3 is 2.38 bits per heavy atom. The van der Waals surface area contributed by atoms with Crippen LogP contribution in [0.1, 0.15) is 23.0 Å². The molecule has 10 nitrogen and oxygen atoms in total. The number of para-hydroxylation sites is 1. The van der Waals surface area contributed by atoms with E-state index in [-0.39, 0.29) is 17.3 Å². The lowest BCUT2D eigenvalue weighted by molar-refractivity contribution is -0.114. The van der Waals surface area contributed by atoms with Gasteiger partial charge in [-0.1, -0.05) is 18.2 Å². The minimum Gasteiger partial charge on any atom is -0.456 e. The Morgan fingerprint density at radius 2 is 1.71 bits per heavy atom. The molecule has 0 atom stereocenters. The molecule has 0 fully saturated rings. The molecule has 0 bridgehead atoms. The van der Waals surface area contributed by atoms with Crippen molar-refractivity contribution >= 4 is 23.5 Å². The highest BCUT2D eigenvalue weighted by Crippen LogP contribution is 2.23. The third-order valence-corrected chi connectivity index (χ3v) is 5.03. The minimum absolute atomic E-state index is 0.0377. The molecular formula is C24H22N6O4. The summed E-state index contributed by atoms with van der Waals surface area (Å²) in [5.41, 5.74) is 0.806. The summed E-state index contributed by atoms with van der Waals surface area (Å²) in [6.07, 6.45) is 2.95. The second-order valence-electron chi connectivity index (χ2n) is 7.43. The van der Waals surface area contributed by atoms with Crippen molar-refractivity contribution < 1.29 is 14.3 Å². The maximum atomic E-state index is 13.0. The van der Waals surface area contributed by atoms with Crippen LogP contribution < -0.4 is 20.9 Å². The fourth-order valence-electron chi connectivity index (χ4n) is 3.38. The summed E-state index contributed by atoms with van der Waals surface area (Å²) in [5, 5.41) is 5.24. The Kier molecular flexibility index (Phi) is 6.22. The highest BCUT2D eigenvalue weighted by molar-refractivity contribution is 6.04. The minimum atomic E-state index is -0.553. The summed E-state index contributed by atoms with van der Waals surface area (Å²) in [5.74, 6) is 0.707. The number of nitrogens with zero attached hydrogens (tertiary/aromatic N) is 4. The predicted octanol–water partition coefficient (Wildman–Crippen LogP) is 3.28. The quantitative estimate of drug-likeness (QED) is 0.458. The molecule has 0 aliphatic rings. The Bertz CT molecular complexity index is 1410. The maximum absolute atomic E-state index is 13.0. The average Bonchev–Trinajstić information content (AvgIpc) is 3.03. The average molecular weight is 458 g/mol. The molecule has 4 aromatic rings. The predicted molar refractivity (Wildman–Crippen MR) is 127 cm³/mol. The van der Waals surface area contributed by atoms with E-state index < -0.39 is 11.5 Å². The molecule has 0 saturated carbocycles.